The molecule has 0 radical (unpaired) electrons. The minimum atomic E-state index is -0.775. The van der Waals surface area contributed by atoms with E-state index in [0.717, 1.165) is 25.7 Å². The molecule has 0 saturated heterocycles. The molecule has 1 saturated carbocycles. The molecule has 0 aromatic heterocycles. The average molecular weight is 252 g/mol. The molecular weight excluding hydrogens is 235 g/mol. The summed E-state index contributed by atoms with van der Waals surface area (Å²) in [6.45, 7) is 0. The van der Waals surface area contributed by atoms with E-state index in [9.17, 15) is 9.18 Å². The Kier molecular flexibility index (Phi) is 3.81. The predicted molar refractivity (Wildman–Crippen MR) is 65.8 cm³/mol. The van der Waals surface area contributed by atoms with Gasteiger partial charge in [-0.25, -0.2) is 4.39 Å². The number of hydrogen-bond acceptors (Lipinski definition) is 3. The monoisotopic (exact) mass is 252 g/mol. The molecule has 98 valence electrons. The van der Waals surface area contributed by atoms with Gasteiger partial charge in [0.25, 0.3) is 5.91 Å². The van der Waals surface area contributed by atoms with Crippen LogP contribution in [0.2, 0.25) is 0 Å². The van der Waals surface area contributed by atoms with Crippen molar-refractivity contribution >= 4 is 5.91 Å². The van der Waals surface area contributed by atoms with Crippen LogP contribution in [0.3, 0.4) is 0 Å². The fraction of sp³-hybridized carbons (Fsp3) is 0.462. The number of nitrogens with two attached hydrogens (primary N) is 2. The van der Waals surface area contributed by atoms with Gasteiger partial charge in [0.05, 0.1) is 11.7 Å². The zero-order valence-corrected chi connectivity index (χ0v) is 10.1. The summed E-state index contributed by atoms with van der Waals surface area (Å²) in [5, 5.41) is 0. The van der Waals surface area contributed by atoms with Crippen molar-refractivity contribution in [2.24, 2.45) is 11.5 Å². The molecule has 0 bridgehead atoms. The molecule has 4 N–H and O–H groups in total. The highest BCUT2D eigenvalue weighted by molar-refractivity contribution is 5.93. The summed E-state index contributed by atoms with van der Waals surface area (Å²) in [5.74, 6) is -0.992. The average Bonchev–Trinajstić information content (AvgIpc) is 2.32. The SMILES string of the molecule is NC(=O)c1ccc(O[C@H]2CC[C@H](N)CC2)cc1F. The Morgan fingerprint density at radius 3 is 2.50 bits per heavy atom. The van der Waals surface area contributed by atoms with Crippen molar-refractivity contribution in [3.05, 3.63) is 29.6 Å². The molecule has 1 amide bonds. The van der Waals surface area contributed by atoms with Gasteiger partial charge in [-0.05, 0) is 37.8 Å². The Hall–Kier alpha value is -1.62. The minimum Gasteiger partial charge on any atom is -0.490 e. The van der Waals surface area contributed by atoms with Crippen molar-refractivity contribution in [3.8, 4) is 5.75 Å². The fourth-order valence-corrected chi connectivity index (χ4v) is 2.17. The molecule has 0 aliphatic heterocycles. The van der Waals surface area contributed by atoms with Crippen LogP contribution in [0.15, 0.2) is 18.2 Å². The van der Waals surface area contributed by atoms with E-state index in [2.05, 4.69) is 0 Å². The molecule has 0 heterocycles. The first-order valence-corrected chi connectivity index (χ1v) is 6.08. The molecule has 1 aromatic rings. The number of rotatable bonds is 3. The molecule has 5 heteroatoms. The fourth-order valence-electron chi connectivity index (χ4n) is 2.17. The number of benzene rings is 1. The van der Waals surface area contributed by atoms with E-state index in [0.29, 0.717) is 5.75 Å². The van der Waals surface area contributed by atoms with Crippen LogP contribution in [-0.4, -0.2) is 18.1 Å². The van der Waals surface area contributed by atoms with E-state index in [4.69, 9.17) is 16.2 Å². The van der Waals surface area contributed by atoms with E-state index in [1.807, 2.05) is 0 Å². The summed E-state index contributed by atoms with van der Waals surface area (Å²) >= 11 is 0. The van der Waals surface area contributed by atoms with E-state index < -0.39 is 11.7 Å². The summed E-state index contributed by atoms with van der Waals surface area (Å²) in [6, 6.07) is 4.37. The van der Waals surface area contributed by atoms with Gasteiger partial charge in [0.15, 0.2) is 0 Å². The van der Waals surface area contributed by atoms with Crippen molar-refractivity contribution in [3.63, 3.8) is 0 Å². The molecule has 0 atom stereocenters. The maximum atomic E-state index is 13.5. The van der Waals surface area contributed by atoms with Gasteiger partial charge in [-0.15, -0.1) is 0 Å². The van der Waals surface area contributed by atoms with Crippen LogP contribution in [0.25, 0.3) is 0 Å². The number of amides is 1. The van der Waals surface area contributed by atoms with Crippen LogP contribution in [0.4, 0.5) is 4.39 Å². The third-order valence-corrected chi connectivity index (χ3v) is 3.23. The first-order valence-electron chi connectivity index (χ1n) is 6.08. The van der Waals surface area contributed by atoms with E-state index in [1.54, 1.807) is 6.07 Å². The molecule has 0 unspecified atom stereocenters. The number of halogens is 1. The second kappa shape index (κ2) is 5.35. The lowest BCUT2D eigenvalue weighted by molar-refractivity contribution is 0.0996. The van der Waals surface area contributed by atoms with Crippen LogP contribution in [0, 0.1) is 5.82 Å². The molecular formula is C13H17FN2O2. The van der Waals surface area contributed by atoms with Crippen molar-refractivity contribution in [2.45, 2.75) is 37.8 Å². The summed E-state index contributed by atoms with van der Waals surface area (Å²) in [7, 11) is 0. The highest BCUT2D eigenvalue weighted by Gasteiger charge is 2.20. The van der Waals surface area contributed by atoms with Gasteiger partial charge in [-0.3, -0.25) is 4.79 Å². The molecule has 18 heavy (non-hydrogen) atoms. The van der Waals surface area contributed by atoms with Crippen molar-refractivity contribution in [1.29, 1.82) is 0 Å². The van der Waals surface area contributed by atoms with E-state index in [-0.39, 0.29) is 17.7 Å². The number of carbonyl (C=O) groups is 1. The van der Waals surface area contributed by atoms with Crippen molar-refractivity contribution in [2.75, 3.05) is 0 Å². The van der Waals surface area contributed by atoms with Crippen LogP contribution in [-0.2, 0) is 0 Å². The summed E-state index contributed by atoms with van der Waals surface area (Å²) < 4.78 is 19.2. The predicted octanol–water partition coefficient (Wildman–Crippen LogP) is 1.57. The minimum absolute atomic E-state index is 0.0728. The number of hydrogen-bond donors (Lipinski definition) is 2. The van der Waals surface area contributed by atoms with Crippen LogP contribution >= 0.6 is 0 Å². The van der Waals surface area contributed by atoms with Gasteiger partial charge in [-0.1, -0.05) is 0 Å². The van der Waals surface area contributed by atoms with Gasteiger partial charge in [0.1, 0.15) is 11.6 Å². The Morgan fingerprint density at radius 2 is 1.94 bits per heavy atom. The Balaban J connectivity index is 2.02. The molecule has 4 nitrogen and oxygen atoms in total. The smallest absolute Gasteiger partial charge is 0.251 e. The largest absolute Gasteiger partial charge is 0.490 e. The highest BCUT2D eigenvalue weighted by Crippen LogP contribution is 2.24. The number of primary amides is 1. The van der Waals surface area contributed by atoms with Crippen LogP contribution in [0.5, 0.6) is 5.75 Å². The number of carbonyl (C=O) groups excluding carboxylic acids is 1. The molecule has 1 aliphatic carbocycles. The molecule has 1 aromatic carbocycles. The second-order valence-electron chi connectivity index (χ2n) is 4.66. The van der Waals surface area contributed by atoms with Gasteiger partial charge < -0.3 is 16.2 Å². The van der Waals surface area contributed by atoms with Crippen LogP contribution < -0.4 is 16.2 Å². The topological polar surface area (TPSA) is 78.3 Å². The first kappa shape index (κ1) is 12.8. The number of ether oxygens (including phenoxy) is 1. The zero-order chi connectivity index (χ0) is 13.1. The zero-order valence-electron chi connectivity index (χ0n) is 10.1. The third-order valence-electron chi connectivity index (χ3n) is 3.23. The van der Waals surface area contributed by atoms with Gasteiger partial charge in [-0.2, -0.15) is 0 Å². The summed E-state index contributed by atoms with van der Waals surface area (Å²) in [4.78, 5) is 10.9. The first-order chi connectivity index (χ1) is 8.56. The maximum absolute atomic E-state index is 13.5. The molecule has 0 spiro atoms. The standard InChI is InChI=1S/C13H17FN2O2/c14-12-7-10(5-6-11(12)13(16)17)18-9-3-1-8(15)2-4-9/h5-9H,1-4,15H2,(H2,16,17)/t8-,9-. The lowest BCUT2D eigenvalue weighted by Crippen LogP contribution is -2.31. The van der Waals surface area contributed by atoms with Crippen LogP contribution in [0.1, 0.15) is 36.0 Å². The Labute approximate surface area is 105 Å². The second-order valence-corrected chi connectivity index (χ2v) is 4.66. The quantitative estimate of drug-likeness (QED) is 0.857. The summed E-state index contributed by atoms with van der Waals surface area (Å²) in [5.41, 5.74) is 10.7. The third kappa shape index (κ3) is 2.98. The van der Waals surface area contributed by atoms with Crippen molar-refractivity contribution in [1.82, 2.24) is 0 Å². The van der Waals surface area contributed by atoms with Gasteiger partial charge >= 0.3 is 0 Å². The summed E-state index contributed by atoms with van der Waals surface area (Å²) in [6.07, 6.45) is 3.67. The molecule has 1 fully saturated rings. The Morgan fingerprint density at radius 1 is 1.28 bits per heavy atom. The van der Waals surface area contributed by atoms with E-state index in [1.165, 1.54) is 12.1 Å². The lowest BCUT2D eigenvalue weighted by atomic mass is 9.94. The van der Waals surface area contributed by atoms with Gasteiger partial charge in [0.2, 0.25) is 0 Å². The van der Waals surface area contributed by atoms with Gasteiger partial charge in [0, 0.05) is 12.1 Å². The maximum Gasteiger partial charge on any atom is 0.251 e. The van der Waals surface area contributed by atoms with E-state index >= 15 is 0 Å². The Bertz CT molecular complexity index is 443. The highest BCUT2D eigenvalue weighted by atomic mass is 19.1. The van der Waals surface area contributed by atoms with Crippen molar-refractivity contribution < 1.29 is 13.9 Å². The lowest BCUT2D eigenvalue weighted by Gasteiger charge is -2.26. The molecule has 2 rings (SSSR count). The normalized spacial score (nSPS) is 23.7. The molecule has 1 aliphatic rings.